The fourth-order valence-corrected chi connectivity index (χ4v) is 1.84. The third-order valence-corrected chi connectivity index (χ3v) is 2.75. The first kappa shape index (κ1) is 11.8. The maximum Gasteiger partial charge on any atom is 0.315 e. The van der Waals surface area contributed by atoms with Gasteiger partial charge in [-0.3, -0.25) is 4.79 Å². The molecular formula is C8H17NO2S. The Kier molecular flexibility index (Phi) is 7.29. The van der Waals surface area contributed by atoms with Crippen molar-refractivity contribution in [3.63, 3.8) is 0 Å². The van der Waals surface area contributed by atoms with Crippen LogP contribution >= 0.6 is 11.8 Å². The molecule has 0 amide bonds. The summed E-state index contributed by atoms with van der Waals surface area (Å²) in [6.45, 7) is 2.12. The van der Waals surface area contributed by atoms with Crippen molar-refractivity contribution < 1.29 is 9.53 Å². The van der Waals surface area contributed by atoms with Crippen molar-refractivity contribution in [3.8, 4) is 0 Å². The molecule has 1 N–H and O–H groups in total. The van der Waals surface area contributed by atoms with Gasteiger partial charge in [0.1, 0.15) is 0 Å². The predicted molar refractivity (Wildman–Crippen MR) is 52.5 cm³/mol. The van der Waals surface area contributed by atoms with E-state index in [1.165, 1.54) is 7.11 Å². The first-order valence-electron chi connectivity index (χ1n) is 4.06. The number of esters is 1. The highest BCUT2D eigenvalue weighted by Gasteiger charge is 2.05. The zero-order valence-electron chi connectivity index (χ0n) is 7.92. The van der Waals surface area contributed by atoms with E-state index in [0.717, 1.165) is 12.2 Å². The minimum atomic E-state index is -0.147. The second-order valence-electron chi connectivity index (χ2n) is 2.49. The molecule has 0 aromatic rings. The number of nitrogens with one attached hydrogen (secondary N) is 1. The normalized spacial score (nSPS) is 12.6. The summed E-state index contributed by atoms with van der Waals surface area (Å²) in [5, 5.41) is 3.17. The Bertz CT molecular complexity index is 126. The van der Waals surface area contributed by atoms with E-state index in [-0.39, 0.29) is 5.97 Å². The minimum Gasteiger partial charge on any atom is -0.468 e. The third-order valence-electron chi connectivity index (χ3n) is 1.67. The molecule has 0 aromatic carbocycles. The molecular weight excluding hydrogens is 174 g/mol. The van der Waals surface area contributed by atoms with Crippen molar-refractivity contribution in [3.05, 3.63) is 0 Å². The number of hydrogen-bond donors (Lipinski definition) is 1. The molecule has 0 spiro atoms. The molecule has 0 aliphatic rings. The van der Waals surface area contributed by atoms with Crippen LogP contribution in [-0.4, -0.2) is 37.7 Å². The van der Waals surface area contributed by atoms with Crippen molar-refractivity contribution >= 4 is 17.7 Å². The lowest BCUT2D eigenvalue weighted by Gasteiger charge is -2.11. The van der Waals surface area contributed by atoms with E-state index in [0.29, 0.717) is 11.8 Å². The van der Waals surface area contributed by atoms with Gasteiger partial charge in [-0.15, -0.1) is 11.8 Å². The van der Waals surface area contributed by atoms with Gasteiger partial charge >= 0.3 is 5.97 Å². The number of carbonyl (C=O) groups is 1. The van der Waals surface area contributed by atoms with Crippen LogP contribution in [0, 0.1) is 0 Å². The van der Waals surface area contributed by atoms with E-state index < -0.39 is 0 Å². The van der Waals surface area contributed by atoms with Gasteiger partial charge in [0, 0.05) is 11.8 Å². The second kappa shape index (κ2) is 7.43. The summed E-state index contributed by atoms with van der Waals surface area (Å²) in [5.74, 6) is 1.27. The van der Waals surface area contributed by atoms with Crippen LogP contribution in [-0.2, 0) is 9.53 Å². The lowest BCUT2D eigenvalue weighted by Crippen LogP contribution is -2.27. The molecule has 1 atom stereocenters. The SMILES string of the molecule is CCC(CSCC(=O)OC)NC. The summed E-state index contributed by atoms with van der Waals surface area (Å²) in [4.78, 5) is 10.7. The molecule has 0 saturated carbocycles. The molecule has 0 heterocycles. The number of thioether (sulfide) groups is 1. The predicted octanol–water partition coefficient (Wildman–Crippen LogP) is 0.891. The monoisotopic (exact) mass is 191 g/mol. The van der Waals surface area contributed by atoms with Gasteiger partial charge in [-0.2, -0.15) is 0 Å². The summed E-state index contributed by atoms with van der Waals surface area (Å²) in [7, 11) is 3.35. The Morgan fingerprint density at radius 1 is 1.67 bits per heavy atom. The van der Waals surface area contributed by atoms with Crippen molar-refractivity contribution in [2.24, 2.45) is 0 Å². The number of methoxy groups -OCH3 is 1. The van der Waals surface area contributed by atoms with Crippen LogP contribution in [0.4, 0.5) is 0 Å². The molecule has 4 heteroatoms. The number of hydrogen-bond acceptors (Lipinski definition) is 4. The maximum absolute atomic E-state index is 10.7. The van der Waals surface area contributed by atoms with E-state index in [1.54, 1.807) is 11.8 Å². The van der Waals surface area contributed by atoms with Crippen LogP contribution in [0.2, 0.25) is 0 Å². The van der Waals surface area contributed by atoms with Crippen LogP contribution in [0.25, 0.3) is 0 Å². The first-order chi connectivity index (χ1) is 5.74. The van der Waals surface area contributed by atoms with Gasteiger partial charge in [0.2, 0.25) is 0 Å². The van der Waals surface area contributed by atoms with E-state index in [1.807, 2.05) is 7.05 Å². The highest BCUT2D eigenvalue weighted by atomic mass is 32.2. The zero-order valence-corrected chi connectivity index (χ0v) is 8.74. The fourth-order valence-electron chi connectivity index (χ4n) is 0.749. The average Bonchev–Trinajstić information content (AvgIpc) is 2.12. The van der Waals surface area contributed by atoms with Gasteiger partial charge in [0.05, 0.1) is 12.9 Å². The highest BCUT2D eigenvalue weighted by Crippen LogP contribution is 2.05. The summed E-state index contributed by atoms with van der Waals surface area (Å²) in [5.41, 5.74) is 0. The van der Waals surface area contributed by atoms with Gasteiger partial charge in [-0.05, 0) is 13.5 Å². The second-order valence-corrected chi connectivity index (χ2v) is 3.52. The minimum absolute atomic E-state index is 0.147. The zero-order chi connectivity index (χ0) is 9.40. The van der Waals surface area contributed by atoms with E-state index >= 15 is 0 Å². The molecule has 0 aliphatic carbocycles. The number of ether oxygens (including phenoxy) is 1. The Labute approximate surface area is 78.2 Å². The molecule has 0 bridgehead atoms. The molecule has 0 aliphatic heterocycles. The molecule has 1 unspecified atom stereocenters. The summed E-state index contributed by atoms with van der Waals surface area (Å²) in [6.07, 6.45) is 1.09. The molecule has 3 nitrogen and oxygen atoms in total. The standard InChI is InChI=1S/C8H17NO2S/c1-4-7(9-2)5-12-6-8(10)11-3/h7,9H,4-6H2,1-3H3. The van der Waals surface area contributed by atoms with Crippen LogP contribution in [0.5, 0.6) is 0 Å². The van der Waals surface area contributed by atoms with Crippen LogP contribution < -0.4 is 5.32 Å². The Morgan fingerprint density at radius 3 is 2.75 bits per heavy atom. The van der Waals surface area contributed by atoms with Crippen molar-refractivity contribution in [1.29, 1.82) is 0 Å². The van der Waals surface area contributed by atoms with E-state index in [2.05, 4.69) is 17.0 Å². The van der Waals surface area contributed by atoms with Gasteiger partial charge in [-0.1, -0.05) is 6.92 Å². The molecule has 12 heavy (non-hydrogen) atoms. The third kappa shape index (κ3) is 5.43. The largest absolute Gasteiger partial charge is 0.468 e. The number of rotatable bonds is 6. The summed E-state index contributed by atoms with van der Waals surface area (Å²) < 4.78 is 4.52. The molecule has 0 rings (SSSR count). The Morgan fingerprint density at radius 2 is 2.33 bits per heavy atom. The summed E-state index contributed by atoms with van der Waals surface area (Å²) in [6, 6.07) is 0.500. The molecule has 0 radical (unpaired) electrons. The Hall–Kier alpha value is -0.220. The van der Waals surface area contributed by atoms with Gasteiger partial charge in [0.25, 0.3) is 0 Å². The van der Waals surface area contributed by atoms with E-state index in [9.17, 15) is 4.79 Å². The quantitative estimate of drug-likeness (QED) is 0.633. The summed E-state index contributed by atoms with van der Waals surface area (Å²) >= 11 is 1.61. The fraction of sp³-hybridized carbons (Fsp3) is 0.875. The van der Waals surface area contributed by atoms with Gasteiger partial charge < -0.3 is 10.1 Å². The number of carbonyl (C=O) groups excluding carboxylic acids is 1. The van der Waals surface area contributed by atoms with Gasteiger partial charge in [-0.25, -0.2) is 0 Å². The topological polar surface area (TPSA) is 38.3 Å². The van der Waals surface area contributed by atoms with Crippen LogP contribution in [0.15, 0.2) is 0 Å². The lowest BCUT2D eigenvalue weighted by atomic mass is 10.3. The average molecular weight is 191 g/mol. The maximum atomic E-state index is 10.7. The van der Waals surface area contributed by atoms with Gasteiger partial charge in [0.15, 0.2) is 0 Å². The van der Waals surface area contributed by atoms with Crippen molar-refractivity contribution in [2.45, 2.75) is 19.4 Å². The van der Waals surface area contributed by atoms with Crippen molar-refractivity contribution in [1.82, 2.24) is 5.32 Å². The Balaban J connectivity index is 3.34. The smallest absolute Gasteiger partial charge is 0.315 e. The van der Waals surface area contributed by atoms with E-state index in [4.69, 9.17) is 0 Å². The molecule has 0 aromatic heterocycles. The highest BCUT2D eigenvalue weighted by molar-refractivity contribution is 7.99. The van der Waals surface area contributed by atoms with Crippen LogP contribution in [0.3, 0.4) is 0 Å². The van der Waals surface area contributed by atoms with Crippen LogP contribution in [0.1, 0.15) is 13.3 Å². The molecule has 0 fully saturated rings. The van der Waals surface area contributed by atoms with Crippen molar-refractivity contribution in [2.75, 3.05) is 25.7 Å². The molecule has 72 valence electrons. The molecule has 0 saturated heterocycles. The lowest BCUT2D eigenvalue weighted by molar-refractivity contribution is -0.137. The first-order valence-corrected chi connectivity index (χ1v) is 5.21.